The van der Waals surface area contributed by atoms with E-state index in [0.717, 1.165) is 12.8 Å². The van der Waals surface area contributed by atoms with E-state index < -0.39 is 11.9 Å². The molecule has 110 valence electrons. The Morgan fingerprint density at radius 2 is 2.15 bits per heavy atom. The molecule has 1 atom stereocenters. The molecule has 2 N–H and O–H groups in total. The molecule has 1 unspecified atom stereocenters. The largest absolute Gasteiger partial charge is 0.481 e. The zero-order valence-electron chi connectivity index (χ0n) is 12.0. The molecule has 0 fully saturated rings. The number of nitrogens with zero attached hydrogens (tertiary/aromatic N) is 1. The predicted molar refractivity (Wildman–Crippen MR) is 74.9 cm³/mol. The third-order valence-corrected chi connectivity index (χ3v) is 2.90. The number of anilines is 1. The lowest BCUT2D eigenvalue weighted by Gasteiger charge is -2.17. The van der Waals surface area contributed by atoms with Gasteiger partial charge in [-0.1, -0.05) is 13.3 Å². The molecule has 6 heteroatoms. The molecule has 1 aromatic heterocycles. The fourth-order valence-corrected chi connectivity index (χ4v) is 1.96. The van der Waals surface area contributed by atoms with Crippen molar-refractivity contribution in [2.45, 2.75) is 39.2 Å². The van der Waals surface area contributed by atoms with Crippen molar-refractivity contribution in [1.82, 2.24) is 4.98 Å². The van der Waals surface area contributed by atoms with Crippen LogP contribution in [0.4, 0.5) is 5.82 Å². The molecule has 0 spiro atoms. The number of carboxylic acids is 1. The SMILES string of the molecule is CCCC(CC(=O)O)Nc1ccc(C(=O)OC)c(C)n1. The van der Waals surface area contributed by atoms with E-state index in [1.807, 2.05) is 6.92 Å². The molecule has 0 aromatic carbocycles. The number of ether oxygens (including phenoxy) is 1. The molecule has 20 heavy (non-hydrogen) atoms. The normalized spacial score (nSPS) is 11.8. The van der Waals surface area contributed by atoms with Crippen LogP contribution in [0.3, 0.4) is 0 Å². The fourth-order valence-electron chi connectivity index (χ4n) is 1.96. The van der Waals surface area contributed by atoms with Gasteiger partial charge in [-0.3, -0.25) is 4.79 Å². The van der Waals surface area contributed by atoms with Crippen molar-refractivity contribution in [2.75, 3.05) is 12.4 Å². The van der Waals surface area contributed by atoms with Gasteiger partial charge in [-0.2, -0.15) is 0 Å². The van der Waals surface area contributed by atoms with Gasteiger partial charge in [-0.15, -0.1) is 0 Å². The Morgan fingerprint density at radius 1 is 1.45 bits per heavy atom. The van der Waals surface area contributed by atoms with E-state index in [4.69, 9.17) is 5.11 Å². The van der Waals surface area contributed by atoms with Gasteiger partial charge in [0.15, 0.2) is 0 Å². The second-order valence-corrected chi connectivity index (χ2v) is 4.55. The minimum absolute atomic E-state index is 0.0350. The van der Waals surface area contributed by atoms with E-state index in [1.54, 1.807) is 19.1 Å². The van der Waals surface area contributed by atoms with Crippen LogP contribution >= 0.6 is 0 Å². The van der Waals surface area contributed by atoms with E-state index in [9.17, 15) is 9.59 Å². The van der Waals surface area contributed by atoms with Gasteiger partial charge in [0, 0.05) is 6.04 Å². The molecule has 1 heterocycles. The monoisotopic (exact) mass is 280 g/mol. The Kier molecular flexibility index (Phi) is 5.96. The van der Waals surface area contributed by atoms with Crippen LogP contribution in [0.2, 0.25) is 0 Å². The molecule has 6 nitrogen and oxygen atoms in total. The number of methoxy groups -OCH3 is 1. The van der Waals surface area contributed by atoms with Crippen LogP contribution in [0.25, 0.3) is 0 Å². The summed E-state index contributed by atoms with van der Waals surface area (Å²) in [4.78, 5) is 26.5. The highest BCUT2D eigenvalue weighted by Gasteiger charge is 2.15. The van der Waals surface area contributed by atoms with Crippen LogP contribution in [-0.4, -0.2) is 35.2 Å². The molecular weight excluding hydrogens is 260 g/mol. The summed E-state index contributed by atoms with van der Waals surface area (Å²) >= 11 is 0. The van der Waals surface area contributed by atoms with Crippen molar-refractivity contribution in [1.29, 1.82) is 0 Å². The lowest BCUT2D eigenvalue weighted by Crippen LogP contribution is -2.23. The first-order chi connectivity index (χ1) is 9.47. The Bertz CT molecular complexity index is 488. The van der Waals surface area contributed by atoms with Crippen LogP contribution in [0, 0.1) is 6.92 Å². The number of carbonyl (C=O) groups is 2. The molecule has 0 aliphatic heterocycles. The quantitative estimate of drug-likeness (QED) is 0.745. The zero-order chi connectivity index (χ0) is 15.1. The molecule has 1 aromatic rings. The first kappa shape index (κ1) is 15.9. The van der Waals surface area contributed by atoms with Crippen LogP contribution in [0.15, 0.2) is 12.1 Å². The Balaban J connectivity index is 2.83. The van der Waals surface area contributed by atoms with Crippen LogP contribution in [0.1, 0.15) is 42.2 Å². The van der Waals surface area contributed by atoms with Crippen molar-refractivity contribution in [3.8, 4) is 0 Å². The van der Waals surface area contributed by atoms with Gasteiger partial charge >= 0.3 is 11.9 Å². The standard InChI is InChI=1S/C14H20N2O4/c1-4-5-10(8-13(17)18)16-12-7-6-11(9(2)15-12)14(19)20-3/h6-7,10H,4-5,8H2,1-3H3,(H,15,16)(H,17,18). The summed E-state index contributed by atoms with van der Waals surface area (Å²) in [7, 11) is 1.32. The van der Waals surface area contributed by atoms with E-state index in [0.29, 0.717) is 17.1 Å². The number of esters is 1. The number of nitrogens with one attached hydrogen (secondary N) is 1. The third kappa shape index (κ3) is 4.53. The molecule has 1 rings (SSSR count). The number of aryl methyl sites for hydroxylation is 1. The van der Waals surface area contributed by atoms with Gasteiger partial charge in [-0.25, -0.2) is 9.78 Å². The van der Waals surface area contributed by atoms with E-state index in [2.05, 4.69) is 15.0 Å². The van der Waals surface area contributed by atoms with Gasteiger partial charge in [0.1, 0.15) is 5.82 Å². The first-order valence-electron chi connectivity index (χ1n) is 6.52. The van der Waals surface area contributed by atoms with Crippen molar-refractivity contribution in [3.05, 3.63) is 23.4 Å². The molecule has 0 saturated heterocycles. The predicted octanol–water partition coefficient (Wildman–Crippen LogP) is 2.23. The summed E-state index contributed by atoms with van der Waals surface area (Å²) in [5.41, 5.74) is 0.954. The highest BCUT2D eigenvalue weighted by molar-refractivity contribution is 5.90. The second kappa shape index (κ2) is 7.47. The number of hydrogen-bond donors (Lipinski definition) is 2. The number of carbonyl (C=O) groups excluding carboxylic acids is 1. The van der Waals surface area contributed by atoms with Crippen LogP contribution < -0.4 is 5.32 Å². The van der Waals surface area contributed by atoms with E-state index >= 15 is 0 Å². The van der Waals surface area contributed by atoms with Crippen molar-refractivity contribution < 1.29 is 19.4 Å². The smallest absolute Gasteiger partial charge is 0.339 e. The highest BCUT2D eigenvalue weighted by atomic mass is 16.5. The number of carboxylic acid groups (broad SMARTS) is 1. The lowest BCUT2D eigenvalue weighted by atomic mass is 10.1. The summed E-state index contributed by atoms with van der Waals surface area (Å²) in [6.07, 6.45) is 1.66. The summed E-state index contributed by atoms with van der Waals surface area (Å²) < 4.78 is 4.65. The average Bonchev–Trinajstić information content (AvgIpc) is 2.37. The van der Waals surface area contributed by atoms with Crippen molar-refractivity contribution in [2.24, 2.45) is 0 Å². The molecule has 0 amide bonds. The van der Waals surface area contributed by atoms with Crippen molar-refractivity contribution >= 4 is 17.8 Å². The number of aromatic nitrogens is 1. The van der Waals surface area contributed by atoms with Gasteiger partial charge in [0.05, 0.1) is 24.8 Å². The molecule has 0 bridgehead atoms. The van der Waals surface area contributed by atoms with Crippen molar-refractivity contribution in [3.63, 3.8) is 0 Å². The summed E-state index contributed by atoms with van der Waals surface area (Å²) in [5, 5.41) is 12.0. The summed E-state index contributed by atoms with van der Waals surface area (Å²) in [6, 6.07) is 3.11. The van der Waals surface area contributed by atoms with Gasteiger partial charge in [0.25, 0.3) is 0 Å². The lowest BCUT2D eigenvalue weighted by molar-refractivity contribution is -0.137. The van der Waals surface area contributed by atoms with Gasteiger partial charge in [0.2, 0.25) is 0 Å². The van der Waals surface area contributed by atoms with Gasteiger partial charge < -0.3 is 15.2 Å². The number of hydrogen-bond acceptors (Lipinski definition) is 5. The van der Waals surface area contributed by atoms with Crippen LogP contribution in [-0.2, 0) is 9.53 Å². The Hall–Kier alpha value is -2.11. The molecule has 0 aliphatic carbocycles. The zero-order valence-corrected chi connectivity index (χ0v) is 12.0. The summed E-state index contributed by atoms with van der Waals surface area (Å²) in [5.74, 6) is -0.717. The minimum Gasteiger partial charge on any atom is -0.481 e. The molecule has 0 saturated carbocycles. The first-order valence-corrected chi connectivity index (χ1v) is 6.52. The Labute approximate surface area is 118 Å². The van der Waals surface area contributed by atoms with Gasteiger partial charge in [-0.05, 0) is 25.5 Å². The summed E-state index contributed by atoms with van der Waals surface area (Å²) in [6.45, 7) is 3.71. The average molecular weight is 280 g/mol. The van der Waals surface area contributed by atoms with E-state index in [1.165, 1.54) is 7.11 Å². The third-order valence-electron chi connectivity index (χ3n) is 2.90. The van der Waals surface area contributed by atoms with E-state index in [-0.39, 0.29) is 12.5 Å². The molecule has 0 radical (unpaired) electrons. The highest BCUT2D eigenvalue weighted by Crippen LogP contribution is 2.15. The maximum atomic E-state index is 11.5. The number of rotatable bonds is 7. The number of pyridine rings is 1. The van der Waals surface area contributed by atoms with Crippen LogP contribution in [0.5, 0.6) is 0 Å². The minimum atomic E-state index is -0.848. The maximum absolute atomic E-state index is 11.5. The second-order valence-electron chi connectivity index (χ2n) is 4.55. The molecular formula is C14H20N2O4. The number of aliphatic carboxylic acids is 1. The maximum Gasteiger partial charge on any atom is 0.339 e. The molecule has 0 aliphatic rings. The topological polar surface area (TPSA) is 88.5 Å². The Morgan fingerprint density at radius 3 is 2.65 bits per heavy atom. The fraction of sp³-hybridized carbons (Fsp3) is 0.500.